The summed E-state index contributed by atoms with van der Waals surface area (Å²) >= 11 is 0. The third kappa shape index (κ3) is 2.27. The zero-order chi connectivity index (χ0) is 11.5. The molecule has 16 heavy (non-hydrogen) atoms. The minimum atomic E-state index is 0.0479. The number of aromatic hydroxyl groups is 1. The Hall–Kier alpha value is -1.71. The fourth-order valence-corrected chi connectivity index (χ4v) is 1.95. The van der Waals surface area contributed by atoms with Crippen LogP contribution in [-0.2, 0) is 11.2 Å². The highest BCUT2D eigenvalue weighted by Crippen LogP contribution is 2.21. The summed E-state index contributed by atoms with van der Waals surface area (Å²) in [5.74, 6) is 0.174. The molecule has 0 spiro atoms. The van der Waals surface area contributed by atoms with Gasteiger partial charge in [0.25, 0.3) is 0 Å². The van der Waals surface area contributed by atoms with Crippen molar-refractivity contribution in [2.75, 3.05) is 18.8 Å². The van der Waals surface area contributed by atoms with Crippen molar-refractivity contribution in [2.45, 2.75) is 19.3 Å². The van der Waals surface area contributed by atoms with Crippen LogP contribution in [0, 0.1) is 0 Å². The van der Waals surface area contributed by atoms with E-state index in [4.69, 9.17) is 5.73 Å². The van der Waals surface area contributed by atoms with E-state index in [0.717, 1.165) is 31.5 Å². The van der Waals surface area contributed by atoms with Gasteiger partial charge in [0.1, 0.15) is 5.75 Å². The number of phenols is 1. The summed E-state index contributed by atoms with van der Waals surface area (Å²) in [5, 5.41) is 9.43. The lowest BCUT2D eigenvalue weighted by Crippen LogP contribution is -2.29. The van der Waals surface area contributed by atoms with E-state index < -0.39 is 0 Å². The molecule has 2 rings (SSSR count). The summed E-state index contributed by atoms with van der Waals surface area (Å²) < 4.78 is 0. The Bertz CT molecular complexity index is 398. The lowest BCUT2D eigenvalue weighted by molar-refractivity contribution is -0.129. The van der Waals surface area contributed by atoms with E-state index >= 15 is 0 Å². The van der Waals surface area contributed by atoms with E-state index in [0.29, 0.717) is 12.1 Å². The van der Waals surface area contributed by atoms with Crippen molar-refractivity contribution in [1.82, 2.24) is 4.90 Å². The van der Waals surface area contributed by atoms with Crippen LogP contribution in [0.25, 0.3) is 0 Å². The van der Waals surface area contributed by atoms with Crippen LogP contribution in [0.2, 0.25) is 0 Å². The number of phenolic OH excluding ortho intramolecular Hbond substituents is 1. The average Bonchev–Trinajstić information content (AvgIpc) is 2.77. The maximum Gasteiger partial charge on any atom is 0.226 e. The molecule has 4 heteroatoms. The normalized spacial score (nSPS) is 15.4. The summed E-state index contributed by atoms with van der Waals surface area (Å²) in [4.78, 5) is 13.7. The minimum Gasteiger partial charge on any atom is -0.506 e. The van der Waals surface area contributed by atoms with Crippen molar-refractivity contribution in [1.29, 1.82) is 0 Å². The number of hydrogen-bond acceptors (Lipinski definition) is 3. The number of benzene rings is 1. The van der Waals surface area contributed by atoms with E-state index in [9.17, 15) is 9.90 Å². The van der Waals surface area contributed by atoms with Gasteiger partial charge in [0.2, 0.25) is 5.91 Å². The first kappa shape index (κ1) is 10.8. The summed E-state index contributed by atoms with van der Waals surface area (Å²) in [5.41, 5.74) is 6.65. The predicted octanol–water partition coefficient (Wildman–Crippen LogP) is 1.14. The van der Waals surface area contributed by atoms with Gasteiger partial charge >= 0.3 is 0 Å². The van der Waals surface area contributed by atoms with E-state index in [1.54, 1.807) is 18.2 Å². The molecule has 0 aromatic heterocycles. The van der Waals surface area contributed by atoms with Crippen LogP contribution < -0.4 is 5.73 Å². The van der Waals surface area contributed by atoms with Gasteiger partial charge in [-0.1, -0.05) is 6.07 Å². The van der Waals surface area contributed by atoms with Gasteiger partial charge in [-0.25, -0.2) is 0 Å². The highest BCUT2D eigenvalue weighted by atomic mass is 16.3. The van der Waals surface area contributed by atoms with E-state index in [1.807, 2.05) is 4.90 Å². The Morgan fingerprint density at radius 3 is 2.69 bits per heavy atom. The quantitative estimate of drug-likeness (QED) is 0.580. The second-order valence-electron chi connectivity index (χ2n) is 4.16. The lowest BCUT2D eigenvalue weighted by atomic mass is 10.1. The maximum absolute atomic E-state index is 11.8. The second-order valence-corrected chi connectivity index (χ2v) is 4.16. The van der Waals surface area contributed by atoms with Gasteiger partial charge in [-0.3, -0.25) is 4.79 Å². The maximum atomic E-state index is 11.8. The standard InChI is InChI=1S/C12H16N2O2/c13-10-4-3-9(7-11(10)15)8-12(16)14-5-1-2-6-14/h3-4,7,15H,1-2,5-6,8,13H2. The Morgan fingerprint density at radius 2 is 2.06 bits per heavy atom. The zero-order valence-corrected chi connectivity index (χ0v) is 9.15. The van der Waals surface area contributed by atoms with Crippen LogP contribution in [0.5, 0.6) is 5.75 Å². The highest BCUT2D eigenvalue weighted by Gasteiger charge is 2.18. The topological polar surface area (TPSA) is 66.6 Å². The molecule has 1 aliphatic heterocycles. The molecule has 3 N–H and O–H groups in total. The largest absolute Gasteiger partial charge is 0.506 e. The minimum absolute atomic E-state index is 0.0479. The highest BCUT2D eigenvalue weighted by molar-refractivity contribution is 5.79. The van der Waals surface area contributed by atoms with Crippen molar-refractivity contribution in [2.24, 2.45) is 0 Å². The Kier molecular flexibility index (Phi) is 2.99. The molecule has 1 fully saturated rings. The number of anilines is 1. The summed E-state index contributed by atoms with van der Waals surface area (Å²) in [7, 11) is 0. The van der Waals surface area contributed by atoms with Crippen LogP contribution >= 0.6 is 0 Å². The summed E-state index contributed by atoms with van der Waals surface area (Å²) in [6.45, 7) is 1.72. The number of carbonyl (C=O) groups excluding carboxylic acids is 1. The van der Waals surface area contributed by atoms with E-state index in [2.05, 4.69) is 0 Å². The van der Waals surface area contributed by atoms with Crippen LogP contribution in [0.1, 0.15) is 18.4 Å². The zero-order valence-electron chi connectivity index (χ0n) is 9.15. The number of amides is 1. The lowest BCUT2D eigenvalue weighted by Gasteiger charge is -2.15. The van der Waals surface area contributed by atoms with Gasteiger partial charge in [-0.2, -0.15) is 0 Å². The first-order chi connectivity index (χ1) is 7.66. The molecule has 0 aliphatic carbocycles. The summed E-state index contributed by atoms with van der Waals surface area (Å²) in [6, 6.07) is 4.97. The van der Waals surface area contributed by atoms with E-state index in [-0.39, 0.29) is 11.7 Å². The second kappa shape index (κ2) is 4.43. The molecule has 1 aromatic carbocycles. The molecule has 0 saturated carbocycles. The van der Waals surface area contributed by atoms with E-state index in [1.165, 1.54) is 0 Å². The van der Waals surface area contributed by atoms with Gasteiger partial charge in [-0.05, 0) is 30.5 Å². The Morgan fingerprint density at radius 1 is 1.38 bits per heavy atom. The van der Waals surface area contributed by atoms with Gasteiger partial charge in [0.15, 0.2) is 0 Å². The van der Waals surface area contributed by atoms with Crippen molar-refractivity contribution in [3.63, 3.8) is 0 Å². The molecular weight excluding hydrogens is 204 g/mol. The molecule has 1 aromatic rings. The van der Waals surface area contributed by atoms with Crippen LogP contribution in [-0.4, -0.2) is 29.0 Å². The molecule has 4 nitrogen and oxygen atoms in total. The molecular formula is C12H16N2O2. The Labute approximate surface area is 94.7 Å². The van der Waals surface area contributed by atoms with Crippen molar-refractivity contribution in [3.05, 3.63) is 23.8 Å². The monoisotopic (exact) mass is 220 g/mol. The third-order valence-electron chi connectivity index (χ3n) is 2.91. The van der Waals surface area contributed by atoms with Gasteiger partial charge in [0, 0.05) is 13.1 Å². The number of nitrogen functional groups attached to an aromatic ring is 1. The average molecular weight is 220 g/mol. The number of carbonyl (C=O) groups is 1. The number of rotatable bonds is 2. The number of nitrogens with two attached hydrogens (primary N) is 1. The smallest absolute Gasteiger partial charge is 0.226 e. The fourth-order valence-electron chi connectivity index (χ4n) is 1.95. The third-order valence-corrected chi connectivity index (χ3v) is 2.91. The molecule has 1 saturated heterocycles. The first-order valence-electron chi connectivity index (χ1n) is 5.52. The van der Waals surface area contributed by atoms with Crippen LogP contribution in [0.3, 0.4) is 0 Å². The van der Waals surface area contributed by atoms with Crippen LogP contribution in [0.4, 0.5) is 5.69 Å². The molecule has 0 bridgehead atoms. The number of hydrogen-bond donors (Lipinski definition) is 2. The number of likely N-dealkylation sites (tertiary alicyclic amines) is 1. The van der Waals surface area contributed by atoms with Crippen molar-refractivity contribution >= 4 is 11.6 Å². The predicted molar refractivity (Wildman–Crippen MR) is 62.0 cm³/mol. The Balaban J connectivity index is 2.02. The SMILES string of the molecule is Nc1ccc(CC(=O)N2CCCC2)cc1O. The van der Waals surface area contributed by atoms with Crippen LogP contribution in [0.15, 0.2) is 18.2 Å². The fraction of sp³-hybridized carbons (Fsp3) is 0.417. The van der Waals surface area contributed by atoms with Gasteiger partial charge in [-0.15, -0.1) is 0 Å². The molecule has 1 amide bonds. The molecule has 0 radical (unpaired) electrons. The van der Waals surface area contributed by atoms with Crippen molar-refractivity contribution in [3.8, 4) is 5.75 Å². The van der Waals surface area contributed by atoms with Gasteiger partial charge in [0.05, 0.1) is 12.1 Å². The number of nitrogens with zero attached hydrogens (tertiary/aromatic N) is 1. The molecule has 86 valence electrons. The molecule has 1 aliphatic rings. The van der Waals surface area contributed by atoms with Gasteiger partial charge < -0.3 is 15.7 Å². The first-order valence-corrected chi connectivity index (χ1v) is 5.52. The molecule has 0 atom stereocenters. The molecule has 0 unspecified atom stereocenters. The van der Waals surface area contributed by atoms with Crippen molar-refractivity contribution < 1.29 is 9.90 Å². The summed E-state index contributed by atoms with van der Waals surface area (Å²) in [6.07, 6.45) is 2.53. The molecule has 1 heterocycles.